The van der Waals surface area contributed by atoms with Gasteiger partial charge in [-0.1, -0.05) is 0 Å². The van der Waals surface area contributed by atoms with Crippen LogP contribution in [0.3, 0.4) is 0 Å². The maximum Gasteiger partial charge on any atom is 0.335 e. The van der Waals surface area contributed by atoms with Crippen LogP contribution in [0, 0.1) is 0 Å². The highest BCUT2D eigenvalue weighted by Gasteiger charge is 2.62. The van der Waals surface area contributed by atoms with Gasteiger partial charge in [0, 0.05) is 6.42 Å². The highest BCUT2D eigenvalue weighted by atomic mass is 16.8. The van der Waals surface area contributed by atoms with Crippen LogP contribution in [-0.2, 0) is 14.2 Å². The molecule has 0 aliphatic carbocycles. The van der Waals surface area contributed by atoms with Gasteiger partial charge in [-0.25, -0.2) is 4.79 Å². The van der Waals surface area contributed by atoms with E-state index >= 15 is 0 Å². The molecule has 4 rings (SSSR count). The Balaban J connectivity index is 1.55. The second kappa shape index (κ2) is 5.34. The van der Waals surface area contributed by atoms with Gasteiger partial charge in [-0.2, -0.15) is 0 Å². The molecule has 0 radical (unpaired) electrons. The summed E-state index contributed by atoms with van der Waals surface area (Å²) in [5.74, 6) is -0.747. The van der Waals surface area contributed by atoms with E-state index in [1.54, 1.807) is 6.07 Å². The van der Waals surface area contributed by atoms with Crippen molar-refractivity contribution in [3.8, 4) is 11.5 Å². The van der Waals surface area contributed by atoms with Crippen LogP contribution in [0.2, 0.25) is 0 Å². The molecule has 3 aliphatic rings. The minimum atomic E-state index is -1.01. The van der Waals surface area contributed by atoms with Gasteiger partial charge in [0.2, 0.25) is 0 Å². The molecule has 1 aromatic rings. The molecule has 2 bridgehead atoms. The Hall–Kier alpha value is -1.83. The lowest BCUT2D eigenvalue weighted by Crippen LogP contribution is -2.44. The number of benzene rings is 1. The van der Waals surface area contributed by atoms with E-state index in [1.807, 2.05) is 13.8 Å². The molecule has 0 amide bonds. The molecular formula is C17H20O7. The summed E-state index contributed by atoms with van der Waals surface area (Å²) in [4.78, 5) is 11.2. The number of carboxylic acid groups (broad SMARTS) is 1. The summed E-state index contributed by atoms with van der Waals surface area (Å²) in [7, 11) is 1.52. The summed E-state index contributed by atoms with van der Waals surface area (Å²) >= 11 is 0. The lowest BCUT2D eigenvalue weighted by molar-refractivity contribution is -0.179. The van der Waals surface area contributed by atoms with Gasteiger partial charge in [-0.05, 0) is 32.0 Å². The van der Waals surface area contributed by atoms with Crippen LogP contribution >= 0.6 is 0 Å². The van der Waals surface area contributed by atoms with E-state index in [4.69, 9.17) is 28.8 Å². The first-order valence-corrected chi connectivity index (χ1v) is 7.97. The Bertz CT molecular complexity index is 671. The van der Waals surface area contributed by atoms with Crippen LogP contribution in [-0.4, -0.2) is 54.5 Å². The average molecular weight is 336 g/mol. The van der Waals surface area contributed by atoms with E-state index in [-0.39, 0.29) is 36.1 Å². The van der Waals surface area contributed by atoms with Crippen molar-refractivity contribution in [1.29, 1.82) is 0 Å². The molecule has 1 aromatic carbocycles. The van der Waals surface area contributed by atoms with E-state index in [1.165, 1.54) is 19.2 Å². The lowest BCUT2D eigenvalue weighted by Gasteiger charge is -2.27. The van der Waals surface area contributed by atoms with Crippen molar-refractivity contribution in [2.45, 2.75) is 56.6 Å². The highest BCUT2D eigenvalue weighted by Crippen LogP contribution is 2.47. The molecule has 3 fully saturated rings. The Kier molecular flexibility index (Phi) is 3.49. The van der Waals surface area contributed by atoms with Crippen molar-refractivity contribution in [1.82, 2.24) is 0 Å². The van der Waals surface area contributed by atoms with E-state index in [0.29, 0.717) is 17.9 Å². The highest BCUT2D eigenvalue weighted by molar-refractivity contribution is 5.88. The summed E-state index contributed by atoms with van der Waals surface area (Å²) in [6.07, 6.45) is -0.104. The molecule has 5 unspecified atom stereocenters. The standard InChI is InChI=1S/C17H20O7/c1-17(2)23-14-12-7-11(13(22-12)15(14)24-17)21-10-6-8(16(18)19)4-5-9(10)20-3/h4-6,11-15H,7H2,1-3H3,(H,18,19). The maximum atomic E-state index is 11.2. The number of rotatable bonds is 4. The van der Waals surface area contributed by atoms with Gasteiger partial charge in [0.15, 0.2) is 17.3 Å². The molecule has 130 valence electrons. The molecule has 3 aliphatic heterocycles. The van der Waals surface area contributed by atoms with Crippen molar-refractivity contribution in [3.63, 3.8) is 0 Å². The summed E-state index contributed by atoms with van der Waals surface area (Å²) in [5, 5.41) is 9.16. The molecule has 0 aromatic heterocycles. The van der Waals surface area contributed by atoms with Gasteiger partial charge in [0.1, 0.15) is 24.4 Å². The predicted molar refractivity (Wildman–Crippen MR) is 81.5 cm³/mol. The fourth-order valence-electron chi connectivity index (χ4n) is 3.75. The second-order valence-corrected chi connectivity index (χ2v) is 6.77. The van der Waals surface area contributed by atoms with Crippen LogP contribution in [0.5, 0.6) is 11.5 Å². The topological polar surface area (TPSA) is 83.5 Å². The molecule has 3 heterocycles. The number of aromatic carboxylic acids is 1. The quantitative estimate of drug-likeness (QED) is 0.898. The fraction of sp³-hybridized carbons (Fsp3) is 0.588. The first-order valence-electron chi connectivity index (χ1n) is 7.97. The summed E-state index contributed by atoms with van der Waals surface area (Å²) in [6, 6.07) is 4.55. The van der Waals surface area contributed by atoms with Crippen molar-refractivity contribution in [2.75, 3.05) is 7.11 Å². The van der Waals surface area contributed by atoms with E-state index < -0.39 is 11.8 Å². The zero-order valence-corrected chi connectivity index (χ0v) is 13.7. The average Bonchev–Trinajstić information content (AvgIpc) is 3.15. The minimum Gasteiger partial charge on any atom is -0.493 e. The second-order valence-electron chi connectivity index (χ2n) is 6.77. The first kappa shape index (κ1) is 15.7. The van der Waals surface area contributed by atoms with Crippen LogP contribution in [0.4, 0.5) is 0 Å². The number of carboxylic acids is 1. The van der Waals surface area contributed by atoms with Gasteiger partial charge < -0.3 is 28.8 Å². The van der Waals surface area contributed by atoms with Gasteiger partial charge in [0.25, 0.3) is 0 Å². The zero-order chi connectivity index (χ0) is 17.1. The number of carbonyl (C=O) groups is 1. The van der Waals surface area contributed by atoms with Gasteiger partial charge in [-0.15, -0.1) is 0 Å². The maximum absolute atomic E-state index is 11.2. The third-order valence-corrected chi connectivity index (χ3v) is 4.71. The molecular weight excluding hydrogens is 316 g/mol. The zero-order valence-electron chi connectivity index (χ0n) is 13.7. The number of hydrogen-bond acceptors (Lipinski definition) is 6. The fourth-order valence-corrected chi connectivity index (χ4v) is 3.75. The Morgan fingerprint density at radius 3 is 2.67 bits per heavy atom. The van der Waals surface area contributed by atoms with Crippen molar-refractivity contribution in [3.05, 3.63) is 23.8 Å². The van der Waals surface area contributed by atoms with Crippen molar-refractivity contribution >= 4 is 5.97 Å². The monoisotopic (exact) mass is 336 g/mol. The molecule has 7 heteroatoms. The summed E-state index contributed by atoms with van der Waals surface area (Å²) in [5.41, 5.74) is 0.148. The lowest BCUT2D eigenvalue weighted by atomic mass is 9.92. The van der Waals surface area contributed by atoms with Crippen molar-refractivity contribution in [2.24, 2.45) is 0 Å². The summed E-state index contributed by atoms with van der Waals surface area (Å²) < 4.78 is 29.1. The van der Waals surface area contributed by atoms with Crippen LogP contribution < -0.4 is 9.47 Å². The molecule has 0 saturated carbocycles. The van der Waals surface area contributed by atoms with Crippen LogP contribution in [0.25, 0.3) is 0 Å². The van der Waals surface area contributed by atoms with Crippen molar-refractivity contribution < 1.29 is 33.6 Å². The number of ether oxygens (including phenoxy) is 5. The Morgan fingerprint density at radius 1 is 1.21 bits per heavy atom. The Labute approximate surface area is 139 Å². The molecule has 7 nitrogen and oxygen atoms in total. The third kappa shape index (κ3) is 2.44. The molecule has 0 spiro atoms. The molecule has 1 N–H and O–H groups in total. The van der Waals surface area contributed by atoms with E-state index in [2.05, 4.69) is 0 Å². The largest absolute Gasteiger partial charge is 0.493 e. The van der Waals surface area contributed by atoms with Crippen LogP contribution in [0.15, 0.2) is 18.2 Å². The molecule has 5 atom stereocenters. The molecule has 3 saturated heterocycles. The number of fused-ring (bicyclic) bond motifs is 5. The Morgan fingerprint density at radius 2 is 1.96 bits per heavy atom. The first-order chi connectivity index (χ1) is 11.4. The van der Waals surface area contributed by atoms with Gasteiger partial charge in [0.05, 0.1) is 18.8 Å². The normalized spacial score (nSPS) is 35.7. The minimum absolute atomic E-state index is 0.0690. The van der Waals surface area contributed by atoms with Crippen LogP contribution in [0.1, 0.15) is 30.6 Å². The third-order valence-electron chi connectivity index (χ3n) is 4.71. The van der Waals surface area contributed by atoms with Gasteiger partial charge >= 0.3 is 5.97 Å². The number of methoxy groups -OCH3 is 1. The SMILES string of the molecule is COc1ccc(C(=O)O)cc1OC1CC2OC1C1OC(C)(C)OC21. The molecule has 24 heavy (non-hydrogen) atoms. The van der Waals surface area contributed by atoms with E-state index in [0.717, 1.165) is 0 Å². The number of hydrogen-bond donors (Lipinski definition) is 1. The van der Waals surface area contributed by atoms with E-state index in [9.17, 15) is 4.79 Å². The van der Waals surface area contributed by atoms with Gasteiger partial charge in [-0.3, -0.25) is 0 Å². The summed E-state index contributed by atoms with van der Waals surface area (Å²) in [6.45, 7) is 3.78. The smallest absolute Gasteiger partial charge is 0.335 e. The predicted octanol–water partition coefficient (Wildman–Crippen LogP) is 1.83.